The van der Waals surface area contributed by atoms with Gasteiger partial charge in [-0.2, -0.15) is 8.75 Å². The fraction of sp³-hybridized carbons (Fsp3) is 0.0857. The predicted molar refractivity (Wildman–Crippen MR) is 186 cm³/mol. The van der Waals surface area contributed by atoms with Crippen LogP contribution in [0, 0.1) is 5.41 Å². The fourth-order valence-corrected chi connectivity index (χ4v) is 7.20. The Balaban J connectivity index is 1.31. The van der Waals surface area contributed by atoms with Crippen LogP contribution in [0.2, 0.25) is 5.02 Å². The highest BCUT2D eigenvalue weighted by Crippen LogP contribution is 2.51. The van der Waals surface area contributed by atoms with Crippen molar-refractivity contribution >= 4 is 64.6 Å². The lowest BCUT2D eigenvalue weighted by atomic mass is 9.73. The lowest BCUT2D eigenvalue weighted by Crippen LogP contribution is -2.30. The molecule has 0 unspecified atom stereocenters. The summed E-state index contributed by atoms with van der Waals surface area (Å²) in [6.45, 7) is 4.57. The molecule has 0 amide bonds. The van der Waals surface area contributed by atoms with Crippen molar-refractivity contribution in [2.45, 2.75) is 19.3 Å². The van der Waals surface area contributed by atoms with Crippen LogP contribution in [0.4, 0.5) is 17.1 Å². The second kappa shape index (κ2) is 10.4. The van der Waals surface area contributed by atoms with Gasteiger partial charge in [-0.1, -0.05) is 86.1 Å². The second-order valence-electron chi connectivity index (χ2n) is 11.5. The van der Waals surface area contributed by atoms with Crippen LogP contribution in [0.3, 0.4) is 0 Å². The first kappa shape index (κ1) is 27.8. The highest BCUT2D eigenvalue weighted by atomic mass is 35.5. The zero-order valence-corrected chi connectivity index (χ0v) is 26.6. The van der Waals surface area contributed by atoms with Gasteiger partial charge in [0.05, 0.1) is 34.5 Å². The molecule has 1 aliphatic carbocycles. The molecule has 0 atom stereocenters. The largest absolute Gasteiger partial charge is 0.310 e. The van der Waals surface area contributed by atoms with E-state index in [9.17, 15) is 0 Å². The topological polar surface area (TPSA) is 91.0 Å². The van der Waals surface area contributed by atoms with Crippen LogP contribution in [-0.4, -0.2) is 30.1 Å². The maximum atomic E-state index is 8.72. The number of thiol groups is 1. The number of para-hydroxylation sites is 2. The molecule has 45 heavy (non-hydrogen) atoms. The van der Waals surface area contributed by atoms with Crippen LogP contribution in [0.1, 0.15) is 36.4 Å². The first-order chi connectivity index (χ1) is 21.9. The molecule has 0 radical (unpaired) electrons. The van der Waals surface area contributed by atoms with E-state index < -0.39 is 0 Å². The Bertz CT molecular complexity index is 2140. The van der Waals surface area contributed by atoms with E-state index in [0.29, 0.717) is 44.9 Å². The maximum Gasteiger partial charge on any atom is 0.135 e. The highest BCUT2D eigenvalue weighted by molar-refractivity contribution is 7.79. The number of hydrogen-bond acceptors (Lipinski definition) is 9. The third-order valence-electron chi connectivity index (χ3n) is 8.56. The highest BCUT2D eigenvalue weighted by Gasteiger charge is 2.37. The van der Waals surface area contributed by atoms with E-state index >= 15 is 0 Å². The van der Waals surface area contributed by atoms with Crippen LogP contribution in [-0.2, 0) is 5.41 Å². The Morgan fingerprint density at radius 1 is 0.689 bits per heavy atom. The normalized spacial score (nSPS) is 15.3. The van der Waals surface area contributed by atoms with Gasteiger partial charge in [-0.05, 0) is 60.3 Å². The molecule has 4 aromatic carbocycles. The van der Waals surface area contributed by atoms with Gasteiger partial charge in [-0.15, -0.1) is 0 Å². The number of hydrogen-bond donors (Lipinski definition) is 2. The Kier molecular flexibility index (Phi) is 6.46. The smallest absolute Gasteiger partial charge is 0.135 e. The van der Waals surface area contributed by atoms with Crippen molar-refractivity contribution in [1.82, 2.24) is 18.7 Å². The molecule has 6 aromatic rings. The van der Waals surface area contributed by atoms with Crippen LogP contribution < -0.4 is 4.90 Å². The molecule has 0 saturated carbocycles. The number of nitrogens with one attached hydrogen (secondary N) is 1. The number of benzene rings is 4. The van der Waals surface area contributed by atoms with Crippen molar-refractivity contribution in [3.05, 3.63) is 125 Å². The summed E-state index contributed by atoms with van der Waals surface area (Å²) in [6.07, 6.45) is 0. The van der Waals surface area contributed by atoms with Crippen LogP contribution in [0.15, 0.2) is 101 Å². The van der Waals surface area contributed by atoms with Crippen molar-refractivity contribution in [2.24, 2.45) is 4.40 Å². The molecule has 0 fully saturated rings. The summed E-state index contributed by atoms with van der Waals surface area (Å²) < 4.78 is 12.9. The van der Waals surface area contributed by atoms with Crippen molar-refractivity contribution in [1.29, 1.82) is 5.41 Å². The third-order valence-corrected chi connectivity index (χ3v) is 9.54. The molecule has 0 bridgehead atoms. The van der Waals surface area contributed by atoms with Crippen molar-refractivity contribution in [2.75, 3.05) is 4.90 Å². The molecule has 8 rings (SSSR count). The summed E-state index contributed by atoms with van der Waals surface area (Å²) in [5, 5.41) is 9.35. The predicted octanol–water partition coefficient (Wildman–Crippen LogP) is 9.11. The monoisotopic (exact) mass is 641 g/mol. The van der Waals surface area contributed by atoms with E-state index in [1.54, 1.807) is 0 Å². The van der Waals surface area contributed by atoms with Gasteiger partial charge >= 0.3 is 0 Å². The number of aromatic nitrogens is 4. The van der Waals surface area contributed by atoms with E-state index in [1.807, 2.05) is 24.3 Å². The van der Waals surface area contributed by atoms with Gasteiger partial charge in [0.15, 0.2) is 0 Å². The summed E-state index contributed by atoms with van der Waals surface area (Å²) >= 11 is 11.5. The van der Waals surface area contributed by atoms with Gasteiger partial charge in [-0.3, -0.25) is 5.41 Å². The van der Waals surface area contributed by atoms with Gasteiger partial charge in [-0.25, -0.2) is 14.4 Å². The summed E-state index contributed by atoms with van der Waals surface area (Å²) in [5.41, 5.74) is 11.2. The number of anilines is 3. The van der Waals surface area contributed by atoms with Crippen LogP contribution in [0.5, 0.6) is 0 Å². The second-order valence-corrected chi connectivity index (χ2v) is 12.6. The SMILES string of the molecule is CC1(C)c2ccccc2N(c2ccc(-c3nc4c(nc3-c3ccc(Cl)cc3)-c3nsnc3C(=N)/C4=N\S)cc2)c2ccccc21. The minimum atomic E-state index is -0.136. The number of fused-ring (bicyclic) bond motifs is 5. The molecule has 2 aliphatic rings. The summed E-state index contributed by atoms with van der Waals surface area (Å²) in [6, 6.07) is 33.1. The molecule has 1 N–H and O–H groups in total. The minimum absolute atomic E-state index is 0.126. The standard InChI is InChI=1S/C35H24ClN7S2/c1-35(2)23-7-3-5-9-25(23)43(26-10-6-4-8-24(26)35)22-17-13-20(14-18-22)29-28(19-11-15-21(36)16-12-19)39-33-32(38-29)30(40-44)27(37)31-34(33)42-45-41-31/h3-18,37,44H,1-2H3/b37-27?,40-30+. The average Bonchev–Trinajstić information content (AvgIpc) is 3.57. The molecule has 7 nitrogen and oxygen atoms in total. The summed E-state index contributed by atoms with van der Waals surface area (Å²) in [5.74, 6) is 0. The lowest BCUT2D eigenvalue weighted by Gasteiger charge is -2.42. The maximum absolute atomic E-state index is 8.72. The average molecular weight is 642 g/mol. The zero-order chi connectivity index (χ0) is 30.9. The van der Waals surface area contributed by atoms with Crippen LogP contribution >= 0.6 is 36.1 Å². The van der Waals surface area contributed by atoms with Gasteiger partial charge in [0, 0.05) is 27.3 Å². The Hall–Kier alpha value is -4.70. The van der Waals surface area contributed by atoms with Gasteiger partial charge < -0.3 is 4.90 Å². The van der Waals surface area contributed by atoms with E-state index in [4.69, 9.17) is 27.0 Å². The number of halogens is 1. The Morgan fingerprint density at radius 3 is 1.82 bits per heavy atom. The first-order valence-corrected chi connectivity index (χ1v) is 15.8. The molecule has 1 aliphatic heterocycles. The van der Waals surface area contributed by atoms with E-state index in [1.165, 1.54) is 11.1 Å². The Morgan fingerprint density at radius 2 is 1.22 bits per heavy atom. The molecular weight excluding hydrogens is 618 g/mol. The van der Waals surface area contributed by atoms with E-state index in [-0.39, 0.29) is 11.1 Å². The summed E-state index contributed by atoms with van der Waals surface area (Å²) in [4.78, 5) is 12.5. The molecule has 0 spiro atoms. The molecule has 10 heteroatoms. The zero-order valence-electron chi connectivity index (χ0n) is 24.2. The quantitative estimate of drug-likeness (QED) is 0.188. The van der Waals surface area contributed by atoms with Gasteiger partial charge in [0.1, 0.15) is 34.2 Å². The number of nitrogens with zero attached hydrogens (tertiary/aromatic N) is 6. The van der Waals surface area contributed by atoms with Crippen molar-refractivity contribution in [3.8, 4) is 33.9 Å². The van der Waals surface area contributed by atoms with E-state index in [0.717, 1.165) is 39.9 Å². The van der Waals surface area contributed by atoms with Gasteiger partial charge in [0.25, 0.3) is 0 Å². The molecule has 2 aromatic heterocycles. The number of rotatable bonds is 3. The third kappa shape index (κ3) is 4.26. The minimum Gasteiger partial charge on any atom is -0.310 e. The molecular formula is C35H24ClN7S2. The van der Waals surface area contributed by atoms with Crippen molar-refractivity contribution in [3.63, 3.8) is 0 Å². The van der Waals surface area contributed by atoms with Crippen molar-refractivity contribution < 1.29 is 0 Å². The fourth-order valence-electron chi connectivity index (χ4n) is 6.33. The van der Waals surface area contributed by atoms with Gasteiger partial charge in [0.2, 0.25) is 0 Å². The van der Waals surface area contributed by atoms with E-state index in [2.05, 4.69) is 118 Å². The lowest BCUT2D eigenvalue weighted by molar-refractivity contribution is 0.632. The Labute approximate surface area is 274 Å². The first-order valence-electron chi connectivity index (χ1n) is 14.3. The molecule has 3 heterocycles. The molecule has 218 valence electrons. The molecule has 0 saturated heterocycles. The van der Waals surface area contributed by atoms with Crippen LogP contribution in [0.25, 0.3) is 33.9 Å². The summed E-state index contributed by atoms with van der Waals surface area (Å²) in [7, 11) is 0.